The first-order valence-corrected chi connectivity index (χ1v) is 9.14. The van der Waals surface area contributed by atoms with Crippen molar-refractivity contribution < 1.29 is 14.3 Å². The number of carbonyl (C=O) groups excluding carboxylic acids is 1. The van der Waals surface area contributed by atoms with Crippen LogP contribution < -0.4 is 0 Å². The number of fused-ring (bicyclic) bond motifs is 1. The van der Waals surface area contributed by atoms with E-state index in [1.165, 1.54) is 0 Å². The molecule has 2 fully saturated rings. The first kappa shape index (κ1) is 17.7. The molecule has 4 nitrogen and oxygen atoms in total. The maximum absolute atomic E-state index is 12.7. The SMILES string of the molecule is COC[C@@]12CCCO[C@H]1CCN(C(=O)CCc1ccccc1Cl)C2. The van der Waals surface area contributed by atoms with Crippen LogP contribution in [-0.2, 0) is 20.7 Å². The predicted octanol–water partition coefficient (Wildman–Crippen LogP) is 3.32. The number of methoxy groups -OCH3 is 1. The van der Waals surface area contributed by atoms with E-state index in [1.54, 1.807) is 7.11 Å². The molecule has 0 saturated carbocycles. The van der Waals surface area contributed by atoms with E-state index >= 15 is 0 Å². The van der Waals surface area contributed by atoms with Crippen LogP contribution in [0.2, 0.25) is 5.02 Å². The third kappa shape index (κ3) is 3.76. The zero-order valence-electron chi connectivity index (χ0n) is 14.3. The minimum Gasteiger partial charge on any atom is -0.384 e. The Balaban J connectivity index is 1.62. The van der Waals surface area contributed by atoms with E-state index in [-0.39, 0.29) is 17.4 Å². The maximum atomic E-state index is 12.7. The molecule has 0 spiro atoms. The second kappa shape index (κ2) is 7.85. The summed E-state index contributed by atoms with van der Waals surface area (Å²) in [5.74, 6) is 0.203. The summed E-state index contributed by atoms with van der Waals surface area (Å²) in [5.41, 5.74) is 1.00. The molecule has 3 rings (SSSR count). The van der Waals surface area contributed by atoms with Gasteiger partial charge in [-0.25, -0.2) is 0 Å². The van der Waals surface area contributed by atoms with Gasteiger partial charge in [0.1, 0.15) is 0 Å². The fourth-order valence-corrected chi connectivity index (χ4v) is 4.33. The Morgan fingerprint density at radius 3 is 3.08 bits per heavy atom. The van der Waals surface area contributed by atoms with Gasteiger partial charge in [0, 0.05) is 43.7 Å². The van der Waals surface area contributed by atoms with Crippen LogP contribution in [0.3, 0.4) is 0 Å². The van der Waals surface area contributed by atoms with Crippen molar-refractivity contribution in [2.24, 2.45) is 5.41 Å². The normalized spacial score (nSPS) is 26.9. The molecule has 2 saturated heterocycles. The number of carbonyl (C=O) groups is 1. The number of piperidine rings is 1. The molecule has 24 heavy (non-hydrogen) atoms. The van der Waals surface area contributed by atoms with Crippen molar-refractivity contribution >= 4 is 17.5 Å². The molecule has 0 unspecified atom stereocenters. The third-order valence-corrected chi connectivity index (χ3v) is 5.71. The molecule has 0 aliphatic carbocycles. The van der Waals surface area contributed by atoms with E-state index in [0.717, 1.165) is 49.5 Å². The van der Waals surface area contributed by atoms with E-state index < -0.39 is 0 Å². The molecule has 1 aromatic carbocycles. The molecule has 2 atom stereocenters. The summed E-state index contributed by atoms with van der Waals surface area (Å²) < 4.78 is 11.5. The first-order valence-electron chi connectivity index (χ1n) is 8.76. The number of halogens is 1. The van der Waals surface area contributed by atoms with Crippen LogP contribution >= 0.6 is 11.6 Å². The Bertz CT molecular complexity index is 575. The van der Waals surface area contributed by atoms with Crippen molar-refractivity contribution in [3.63, 3.8) is 0 Å². The number of hydrogen-bond donors (Lipinski definition) is 0. The second-order valence-corrected chi connectivity index (χ2v) is 7.36. The number of nitrogens with zero attached hydrogens (tertiary/aromatic N) is 1. The molecule has 132 valence electrons. The summed E-state index contributed by atoms with van der Waals surface area (Å²) in [6, 6.07) is 7.74. The molecule has 0 aromatic heterocycles. The highest BCUT2D eigenvalue weighted by Crippen LogP contribution is 2.40. The summed E-state index contributed by atoms with van der Waals surface area (Å²) in [6.45, 7) is 3.01. The van der Waals surface area contributed by atoms with E-state index in [4.69, 9.17) is 21.1 Å². The fraction of sp³-hybridized carbons (Fsp3) is 0.632. The maximum Gasteiger partial charge on any atom is 0.222 e. The quantitative estimate of drug-likeness (QED) is 0.816. The van der Waals surface area contributed by atoms with Crippen LogP contribution in [-0.4, -0.2) is 50.3 Å². The smallest absolute Gasteiger partial charge is 0.222 e. The van der Waals surface area contributed by atoms with Crippen molar-refractivity contribution in [2.45, 2.75) is 38.2 Å². The fourth-order valence-electron chi connectivity index (χ4n) is 4.10. The molecule has 2 heterocycles. The summed E-state index contributed by atoms with van der Waals surface area (Å²) >= 11 is 6.19. The number of aryl methyl sites for hydroxylation is 1. The van der Waals surface area contributed by atoms with Gasteiger partial charge in [-0.3, -0.25) is 4.79 Å². The first-order chi connectivity index (χ1) is 11.6. The molecule has 0 radical (unpaired) electrons. The molecule has 1 amide bonds. The van der Waals surface area contributed by atoms with Gasteiger partial charge in [-0.1, -0.05) is 29.8 Å². The van der Waals surface area contributed by atoms with Crippen LogP contribution in [0.15, 0.2) is 24.3 Å². The third-order valence-electron chi connectivity index (χ3n) is 5.34. The minimum atomic E-state index is -0.0364. The Morgan fingerprint density at radius 2 is 2.29 bits per heavy atom. The number of ether oxygens (including phenoxy) is 2. The molecule has 2 aliphatic rings. The van der Waals surface area contributed by atoms with E-state index in [0.29, 0.717) is 19.4 Å². The zero-order valence-corrected chi connectivity index (χ0v) is 15.1. The topological polar surface area (TPSA) is 38.8 Å². The van der Waals surface area contributed by atoms with Gasteiger partial charge in [-0.05, 0) is 37.3 Å². The van der Waals surface area contributed by atoms with Gasteiger partial charge in [0.15, 0.2) is 0 Å². The summed E-state index contributed by atoms with van der Waals surface area (Å²) in [4.78, 5) is 14.7. The van der Waals surface area contributed by atoms with Gasteiger partial charge >= 0.3 is 0 Å². The number of likely N-dealkylation sites (tertiary alicyclic amines) is 1. The van der Waals surface area contributed by atoms with Crippen LogP contribution in [0.1, 0.15) is 31.2 Å². The Morgan fingerprint density at radius 1 is 1.46 bits per heavy atom. The lowest BCUT2D eigenvalue weighted by molar-refractivity contribution is -0.162. The van der Waals surface area contributed by atoms with Crippen molar-refractivity contribution in [3.8, 4) is 0 Å². The number of amides is 1. The Labute approximate surface area is 149 Å². The highest BCUT2D eigenvalue weighted by Gasteiger charge is 2.46. The lowest BCUT2D eigenvalue weighted by atomic mass is 9.73. The lowest BCUT2D eigenvalue weighted by Gasteiger charge is -2.50. The highest BCUT2D eigenvalue weighted by atomic mass is 35.5. The second-order valence-electron chi connectivity index (χ2n) is 6.95. The molecule has 0 bridgehead atoms. The van der Waals surface area contributed by atoms with Gasteiger partial charge in [0.25, 0.3) is 0 Å². The molecule has 2 aliphatic heterocycles. The van der Waals surface area contributed by atoms with Gasteiger partial charge in [-0.15, -0.1) is 0 Å². The number of benzene rings is 1. The van der Waals surface area contributed by atoms with Crippen LogP contribution in [0.4, 0.5) is 0 Å². The zero-order chi connectivity index (χ0) is 17.0. The largest absolute Gasteiger partial charge is 0.384 e. The van der Waals surface area contributed by atoms with Gasteiger partial charge in [0.2, 0.25) is 5.91 Å². The monoisotopic (exact) mass is 351 g/mol. The van der Waals surface area contributed by atoms with Gasteiger partial charge in [-0.2, -0.15) is 0 Å². The number of hydrogen-bond acceptors (Lipinski definition) is 3. The summed E-state index contributed by atoms with van der Waals surface area (Å²) in [6.07, 6.45) is 4.42. The average molecular weight is 352 g/mol. The standard InChI is InChI=1S/C19H26ClNO3/c1-23-14-19-10-4-12-24-17(19)9-11-21(13-19)18(22)8-7-15-5-2-3-6-16(15)20/h2-3,5-6,17H,4,7-14H2,1H3/t17-,19-/m0/s1. The van der Waals surface area contributed by atoms with Crippen LogP contribution in [0.25, 0.3) is 0 Å². The number of rotatable bonds is 5. The van der Waals surface area contributed by atoms with Gasteiger partial charge < -0.3 is 14.4 Å². The van der Waals surface area contributed by atoms with E-state index in [2.05, 4.69) is 0 Å². The lowest BCUT2D eigenvalue weighted by Crippen LogP contribution is -2.58. The molecule has 5 heteroatoms. The van der Waals surface area contributed by atoms with Crippen molar-refractivity contribution in [3.05, 3.63) is 34.9 Å². The Hall–Kier alpha value is -1.10. The van der Waals surface area contributed by atoms with Crippen LogP contribution in [0, 0.1) is 5.41 Å². The van der Waals surface area contributed by atoms with Crippen molar-refractivity contribution in [1.29, 1.82) is 0 Å². The van der Waals surface area contributed by atoms with E-state index in [9.17, 15) is 4.79 Å². The van der Waals surface area contributed by atoms with Gasteiger partial charge in [0.05, 0.1) is 12.7 Å². The molecule has 0 N–H and O–H groups in total. The predicted molar refractivity (Wildman–Crippen MR) is 94.3 cm³/mol. The molecular weight excluding hydrogens is 326 g/mol. The van der Waals surface area contributed by atoms with Crippen molar-refractivity contribution in [1.82, 2.24) is 4.90 Å². The summed E-state index contributed by atoms with van der Waals surface area (Å²) in [5, 5.41) is 0.737. The highest BCUT2D eigenvalue weighted by molar-refractivity contribution is 6.31. The summed E-state index contributed by atoms with van der Waals surface area (Å²) in [7, 11) is 1.73. The Kier molecular flexibility index (Phi) is 5.80. The minimum absolute atomic E-state index is 0.0364. The van der Waals surface area contributed by atoms with Crippen LogP contribution in [0.5, 0.6) is 0 Å². The van der Waals surface area contributed by atoms with Crippen molar-refractivity contribution in [2.75, 3.05) is 33.4 Å². The average Bonchev–Trinajstić information content (AvgIpc) is 2.60. The molecular formula is C19H26ClNO3. The molecule has 1 aromatic rings. The van der Waals surface area contributed by atoms with E-state index in [1.807, 2.05) is 29.2 Å².